The molecule has 1 amide bonds. The first-order valence-corrected chi connectivity index (χ1v) is 10.00. The van der Waals surface area contributed by atoms with Crippen LogP contribution in [0.2, 0.25) is 0 Å². The summed E-state index contributed by atoms with van der Waals surface area (Å²) in [6.07, 6.45) is 0.949. The van der Waals surface area contributed by atoms with E-state index >= 15 is 0 Å². The smallest absolute Gasteiger partial charge is 0.341 e. The molecule has 0 fully saturated rings. The van der Waals surface area contributed by atoms with Crippen LogP contribution in [0.25, 0.3) is 11.1 Å². The number of benzene rings is 2. The predicted molar refractivity (Wildman–Crippen MR) is 114 cm³/mol. The summed E-state index contributed by atoms with van der Waals surface area (Å²) in [5.41, 5.74) is 6.01. The zero-order valence-electron chi connectivity index (χ0n) is 16.5. The van der Waals surface area contributed by atoms with Crippen LogP contribution in [0, 0.1) is 13.8 Å². The molecule has 0 aliphatic carbocycles. The minimum absolute atomic E-state index is 0.247. The van der Waals surface area contributed by atoms with E-state index in [1.54, 1.807) is 6.07 Å². The number of aryl methyl sites for hydroxylation is 3. The van der Waals surface area contributed by atoms with Gasteiger partial charge in [-0.05, 0) is 54.7 Å². The first kappa shape index (κ1) is 19.8. The lowest BCUT2D eigenvalue weighted by Crippen LogP contribution is -2.14. The van der Waals surface area contributed by atoms with Crippen molar-refractivity contribution in [3.63, 3.8) is 0 Å². The van der Waals surface area contributed by atoms with Crippen LogP contribution in [0.15, 0.2) is 47.8 Å². The van der Waals surface area contributed by atoms with E-state index in [1.165, 1.54) is 24.0 Å². The molecule has 2 aromatic carbocycles. The second kappa shape index (κ2) is 8.40. The van der Waals surface area contributed by atoms with Crippen molar-refractivity contribution in [1.29, 1.82) is 0 Å². The molecule has 28 heavy (non-hydrogen) atoms. The summed E-state index contributed by atoms with van der Waals surface area (Å²) in [5.74, 6) is -0.714. The number of methoxy groups -OCH3 is 1. The predicted octanol–water partition coefficient (Wildman–Crippen LogP) is 5.63. The van der Waals surface area contributed by atoms with Crippen molar-refractivity contribution in [2.45, 2.75) is 27.2 Å². The third kappa shape index (κ3) is 3.99. The fourth-order valence-electron chi connectivity index (χ4n) is 2.95. The molecule has 3 rings (SSSR count). The van der Waals surface area contributed by atoms with Gasteiger partial charge < -0.3 is 10.1 Å². The van der Waals surface area contributed by atoms with Crippen LogP contribution in [0.3, 0.4) is 0 Å². The normalized spacial score (nSPS) is 10.6. The first-order chi connectivity index (χ1) is 13.4. The Morgan fingerprint density at radius 1 is 1.04 bits per heavy atom. The Hall–Kier alpha value is -2.92. The summed E-state index contributed by atoms with van der Waals surface area (Å²) in [4.78, 5) is 25.2. The summed E-state index contributed by atoms with van der Waals surface area (Å²) in [5, 5.41) is 5.25. The van der Waals surface area contributed by atoms with Crippen LogP contribution in [-0.4, -0.2) is 19.0 Å². The molecule has 0 radical (unpaired) electrons. The number of hydrogen-bond donors (Lipinski definition) is 1. The molecule has 0 saturated carbocycles. The maximum Gasteiger partial charge on any atom is 0.341 e. The largest absolute Gasteiger partial charge is 0.465 e. The molecule has 1 aromatic heterocycles. The van der Waals surface area contributed by atoms with Crippen LogP contribution in [0.4, 0.5) is 5.00 Å². The number of ether oxygens (including phenoxy) is 1. The Morgan fingerprint density at radius 2 is 1.75 bits per heavy atom. The Morgan fingerprint density at radius 3 is 2.36 bits per heavy atom. The second-order valence-corrected chi connectivity index (χ2v) is 7.53. The van der Waals surface area contributed by atoms with E-state index in [1.807, 2.05) is 55.6 Å². The lowest BCUT2D eigenvalue weighted by atomic mass is 10.0. The minimum atomic E-state index is -0.466. The molecule has 0 unspecified atom stereocenters. The number of esters is 1. The van der Waals surface area contributed by atoms with E-state index < -0.39 is 5.97 Å². The van der Waals surface area contributed by atoms with Gasteiger partial charge in [0.1, 0.15) is 10.6 Å². The number of anilines is 1. The fourth-order valence-corrected chi connectivity index (χ4v) is 3.90. The third-order valence-electron chi connectivity index (χ3n) is 4.85. The molecule has 1 N–H and O–H groups in total. The highest BCUT2D eigenvalue weighted by Crippen LogP contribution is 2.36. The lowest BCUT2D eigenvalue weighted by molar-refractivity contribution is 0.0603. The summed E-state index contributed by atoms with van der Waals surface area (Å²) < 4.78 is 4.98. The van der Waals surface area contributed by atoms with Gasteiger partial charge in [-0.25, -0.2) is 4.79 Å². The van der Waals surface area contributed by atoms with Gasteiger partial charge in [0, 0.05) is 16.5 Å². The molecule has 4 nitrogen and oxygen atoms in total. The third-order valence-corrected chi connectivity index (χ3v) is 5.75. The molecule has 144 valence electrons. The Kier molecular flexibility index (Phi) is 5.95. The number of nitrogens with one attached hydrogen (secondary N) is 1. The highest BCUT2D eigenvalue weighted by Gasteiger charge is 2.22. The fraction of sp³-hybridized carbons (Fsp3) is 0.217. The average molecular weight is 394 g/mol. The van der Waals surface area contributed by atoms with Crippen molar-refractivity contribution in [2.75, 3.05) is 12.4 Å². The van der Waals surface area contributed by atoms with Crippen molar-refractivity contribution >= 4 is 28.2 Å². The molecular weight excluding hydrogens is 370 g/mol. The highest BCUT2D eigenvalue weighted by molar-refractivity contribution is 7.15. The molecule has 0 bridgehead atoms. The summed E-state index contributed by atoms with van der Waals surface area (Å²) in [6.45, 7) is 6.07. The highest BCUT2D eigenvalue weighted by atomic mass is 32.1. The SMILES string of the molecule is CCc1ccc(-c2csc(NC(=O)c3ccc(C)c(C)c3)c2C(=O)OC)cc1. The minimum Gasteiger partial charge on any atom is -0.465 e. The maximum atomic E-state index is 12.7. The molecule has 0 aliphatic heterocycles. The summed E-state index contributed by atoms with van der Waals surface area (Å²) in [6, 6.07) is 13.6. The van der Waals surface area contributed by atoms with Crippen LogP contribution >= 0.6 is 11.3 Å². The average Bonchev–Trinajstić information content (AvgIpc) is 3.12. The van der Waals surface area contributed by atoms with Crippen molar-refractivity contribution in [3.8, 4) is 11.1 Å². The molecule has 5 heteroatoms. The molecule has 0 spiro atoms. The van der Waals surface area contributed by atoms with Gasteiger partial charge in [0.15, 0.2) is 0 Å². The number of amides is 1. The monoisotopic (exact) mass is 393 g/mol. The molecule has 0 atom stereocenters. The van der Waals surface area contributed by atoms with E-state index in [-0.39, 0.29) is 5.91 Å². The van der Waals surface area contributed by atoms with Crippen LogP contribution < -0.4 is 5.32 Å². The van der Waals surface area contributed by atoms with Gasteiger partial charge in [0.2, 0.25) is 0 Å². The number of carbonyl (C=O) groups is 2. The number of thiophene rings is 1. The molecule has 3 aromatic rings. The summed E-state index contributed by atoms with van der Waals surface area (Å²) in [7, 11) is 1.35. The lowest BCUT2D eigenvalue weighted by Gasteiger charge is -2.09. The van der Waals surface area contributed by atoms with Gasteiger partial charge in [-0.3, -0.25) is 4.79 Å². The molecule has 0 saturated heterocycles. The van der Waals surface area contributed by atoms with Gasteiger partial charge in [-0.1, -0.05) is 37.3 Å². The summed E-state index contributed by atoms with van der Waals surface area (Å²) >= 11 is 1.32. The van der Waals surface area contributed by atoms with Crippen LogP contribution in [0.5, 0.6) is 0 Å². The van der Waals surface area contributed by atoms with Gasteiger partial charge >= 0.3 is 5.97 Å². The van der Waals surface area contributed by atoms with E-state index in [4.69, 9.17) is 4.74 Å². The first-order valence-electron chi connectivity index (χ1n) is 9.12. The molecule has 0 aliphatic rings. The quantitative estimate of drug-likeness (QED) is 0.571. The zero-order valence-corrected chi connectivity index (χ0v) is 17.3. The van der Waals surface area contributed by atoms with Crippen molar-refractivity contribution in [1.82, 2.24) is 0 Å². The van der Waals surface area contributed by atoms with Crippen molar-refractivity contribution < 1.29 is 14.3 Å². The van der Waals surface area contributed by atoms with E-state index in [9.17, 15) is 9.59 Å². The molecule has 1 heterocycles. The van der Waals surface area contributed by atoms with E-state index in [0.29, 0.717) is 16.1 Å². The number of carbonyl (C=O) groups excluding carboxylic acids is 2. The van der Waals surface area contributed by atoms with Gasteiger partial charge in [-0.2, -0.15) is 0 Å². The van der Waals surface area contributed by atoms with Gasteiger partial charge in [-0.15, -0.1) is 11.3 Å². The van der Waals surface area contributed by atoms with Crippen molar-refractivity contribution in [3.05, 3.63) is 75.7 Å². The number of hydrogen-bond acceptors (Lipinski definition) is 4. The Labute approximate surface area is 169 Å². The van der Waals surface area contributed by atoms with E-state index in [2.05, 4.69) is 12.2 Å². The Bertz CT molecular complexity index is 1020. The van der Waals surface area contributed by atoms with Crippen molar-refractivity contribution in [2.24, 2.45) is 0 Å². The molecular formula is C23H23NO3S. The Balaban J connectivity index is 1.96. The maximum absolute atomic E-state index is 12.7. The zero-order chi connectivity index (χ0) is 20.3. The van der Waals surface area contributed by atoms with E-state index in [0.717, 1.165) is 28.7 Å². The van der Waals surface area contributed by atoms with Gasteiger partial charge in [0.05, 0.1) is 7.11 Å². The van der Waals surface area contributed by atoms with Crippen LogP contribution in [0.1, 0.15) is 44.3 Å². The topological polar surface area (TPSA) is 55.4 Å². The van der Waals surface area contributed by atoms with Crippen LogP contribution in [-0.2, 0) is 11.2 Å². The second-order valence-electron chi connectivity index (χ2n) is 6.65. The number of rotatable bonds is 5. The van der Waals surface area contributed by atoms with Gasteiger partial charge in [0.25, 0.3) is 5.91 Å². The standard InChI is InChI=1S/C23H23NO3S/c1-5-16-7-10-17(11-8-16)19-13-28-22(20(19)23(26)27-4)24-21(25)18-9-6-14(2)15(3)12-18/h6-13H,5H2,1-4H3,(H,24,25).